The molecule has 18 heavy (non-hydrogen) atoms. The molecule has 2 aromatic rings. The van der Waals surface area contributed by atoms with Crippen molar-refractivity contribution in [1.82, 2.24) is 4.98 Å². The van der Waals surface area contributed by atoms with E-state index in [-0.39, 0.29) is 0 Å². The fourth-order valence-electron chi connectivity index (χ4n) is 1.83. The van der Waals surface area contributed by atoms with Gasteiger partial charge in [0.1, 0.15) is 11.8 Å². The van der Waals surface area contributed by atoms with Crippen LogP contribution in [0, 0.1) is 0 Å². The van der Waals surface area contributed by atoms with Gasteiger partial charge in [-0.15, -0.1) is 0 Å². The van der Waals surface area contributed by atoms with E-state index >= 15 is 0 Å². The number of hydrogen-bond donors (Lipinski definition) is 2. The Kier molecular flexibility index (Phi) is 4.07. The Morgan fingerprint density at radius 1 is 1.56 bits per heavy atom. The molecule has 0 aliphatic carbocycles. The molecular weight excluding hydrogens is 347 g/mol. The molecule has 1 aromatic carbocycles. The molecule has 0 aliphatic rings. The average molecular weight is 360 g/mol. The number of benzene rings is 1. The van der Waals surface area contributed by atoms with E-state index in [2.05, 4.69) is 8.05 Å². The number of aromatic nitrogens is 1. The molecule has 0 amide bonds. The Labute approximate surface area is 118 Å². The standard InChI is InChI=1S/C12H13IN2O3/c1-17-8-2-3-11-9(5-8)7(6-15-11)4-10(14)12(16)18-13/h2-3,5-6,10,15H,4,14H2,1H3. The minimum Gasteiger partial charge on any atom is -0.497 e. The van der Waals surface area contributed by atoms with Crippen molar-refractivity contribution in [2.45, 2.75) is 12.5 Å². The average Bonchev–Trinajstić information content (AvgIpc) is 2.80. The van der Waals surface area contributed by atoms with Crippen LogP contribution in [0.4, 0.5) is 0 Å². The minimum atomic E-state index is -0.660. The Balaban J connectivity index is 2.30. The van der Waals surface area contributed by atoms with Crippen LogP contribution in [0.5, 0.6) is 5.75 Å². The molecule has 1 atom stereocenters. The first-order valence-electron chi connectivity index (χ1n) is 5.37. The van der Waals surface area contributed by atoms with Crippen molar-refractivity contribution in [2.24, 2.45) is 5.73 Å². The predicted molar refractivity (Wildman–Crippen MR) is 76.6 cm³/mol. The van der Waals surface area contributed by atoms with E-state index in [1.54, 1.807) is 30.1 Å². The van der Waals surface area contributed by atoms with Gasteiger partial charge in [-0.1, -0.05) is 0 Å². The van der Waals surface area contributed by atoms with Gasteiger partial charge < -0.3 is 18.5 Å². The molecule has 0 saturated carbocycles. The van der Waals surface area contributed by atoms with Gasteiger partial charge in [-0.05, 0) is 23.8 Å². The maximum atomic E-state index is 11.3. The first-order chi connectivity index (χ1) is 8.65. The fraction of sp³-hybridized carbons (Fsp3) is 0.250. The SMILES string of the molecule is COc1ccc2[nH]cc(CC(N)C(=O)OI)c2c1. The summed E-state index contributed by atoms with van der Waals surface area (Å²) in [7, 11) is 1.62. The fourth-order valence-corrected chi connectivity index (χ4v) is 2.16. The number of halogens is 1. The summed E-state index contributed by atoms with van der Waals surface area (Å²) in [6.07, 6.45) is 2.28. The maximum absolute atomic E-state index is 11.3. The lowest BCUT2D eigenvalue weighted by Gasteiger charge is -2.07. The Morgan fingerprint density at radius 3 is 3.00 bits per heavy atom. The van der Waals surface area contributed by atoms with E-state index in [1.165, 1.54) is 0 Å². The summed E-state index contributed by atoms with van der Waals surface area (Å²) in [4.78, 5) is 14.4. The normalized spacial score (nSPS) is 12.4. The summed E-state index contributed by atoms with van der Waals surface area (Å²) in [5, 5.41) is 1.01. The molecule has 1 unspecified atom stereocenters. The number of hydrogen-bond acceptors (Lipinski definition) is 4. The summed E-state index contributed by atoms with van der Waals surface area (Å²) in [5.74, 6) is 0.348. The number of fused-ring (bicyclic) bond motifs is 1. The quantitative estimate of drug-likeness (QED) is 0.817. The topological polar surface area (TPSA) is 77.3 Å². The van der Waals surface area contributed by atoms with Crippen molar-refractivity contribution >= 4 is 39.9 Å². The van der Waals surface area contributed by atoms with E-state index in [0.717, 1.165) is 22.2 Å². The van der Waals surface area contributed by atoms with Crippen molar-refractivity contribution in [3.63, 3.8) is 0 Å². The molecule has 0 spiro atoms. The molecule has 1 aromatic heterocycles. The highest BCUT2D eigenvalue weighted by molar-refractivity contribution is 14.1. The second kappa shape index (κ2) is 5.57. The van der Waals surface area contributed by atoms with Gasteiger partial charge >= 0.3 is 5.97 Å². The van der Waals surface area contributed by atoms with Gasteiger partial charge in [-0.25, -0.2) is 4.79 Å². The number of H-pyrrole nitrogens is 1. The molecule has 1 heterocycles. The summed E-state index contributed by atoms with van der Waals surface area (Å²) in [5.41, 5.74) is 7.71. The number of aromatic amines is 1. The third-order valence-corrected chi connectivity index (χ3v) is 3.23. The summed E-state index contributed by atoms with van der Waals surface area (Å²) in [6.45, 7) is 0. The molecule has 0 radical (unpaired) electrons. The minimum absolute atomic E-state index is 0.423. The van der Waals surface area contributed by atoms with Gasteiger partial charge in [-0.2, -0.15) is 0 Å². The molecule has 2 rings (SSSR count). The van der Waals surface area contributed by atoms with Crippen LogP contribution in [0.1, 0.15) is 5.56 Å². The van der Waals surface area contributed by atoms with Gasteiger partial charge in [0, 0.05) is 23.5 Å². The van der Waals surface area contributed by atoms with E-state index in [1.807, 2.05) is 24.4 Å². The predicted octanol–water partition coefficient (Wildman–Crippen LogP) is 1.94. The highest BCUT2D eigenvalue weighted by Gasteiger charge is 2.17. The van der Waals surface area contributed by atoms with Crippen molar-refractivity contribution in [2.75, 3.05) is 7.11 Å². The van der Waals surface area contributed by atoms with Gasteiger partial charge in [0.25, 0.3) is 0 Å². The molecule has 0 aliphatic heterocycles. The van der Waals surface area contributed by atoms with Gasteiger partial charge in [0.05, 0.1) is 7.11 Å². The molecular formula is C12H13IN2O3. The Bertz CT molecular complexity index is 567. The molecule has 96 valence electrons. The van der Waals surface area contributed by atoms with Crippen LogP contribution in [0.2, 0.25) is 0 Å². The van der Waals surface area contributed by atoms with Crippen molar-refractivity contribution in [3.8, 4) is 5.75 Å². The number of nitrogens with two attached hydrogens (primary N) is 1. The monoisotopic (exact) mass is 360 g/mol. The molecule has 0 fully saturated rings. The summed E-state index contributed by atoms with van der Waals surface area (Å²) >= 11 is 1.54. The highest BCUT2D eigenvalue weighted by Crippen LogP contribution is 2.24. The second-order valence-corrected chi connectivity index (χ2v) is 4.37. The first-order valence-corrected chi connectivity index (χ1v) is 6.25. The second-order valence-electron chi connectivity index (χ2n) is 3.93. The van der Waals surface area contributed by atoms with Crippen LogP contribution in [-0.4, -0.2) is 24.1 Å². The maximum Gasteiger partial charge on any atom is 0.332 e. The Morgan fingerprint density at radius 2 is 2.33 bits per heavy atom. The van der Waals surface area contributed by atoms with E-state index < -0.39 is 12.0 Å². The number of methoxy groups -OCH3 is 1. The van der Waals surface area contributed by atoms with E-state index in [0.29, 0.717) is 6.42 Å². The lowest BCUT2D eigenvalue weighted by molar-refractivity contribution is -0.132. The van der Waals surface area contributed by atoms with E-state index in [9.17, 15) is 4.79 Å². The highest BCUT2D eigenvalue weighted by atomic mass is 127. The molecule has 0 bridgehead atoms. The number of nitrogens with one attached hydrogen (secondary N) is 1. The third kappa shape index (κ3) is 2.59. The zero-order valence-corrected chi connectivity index (χ0v) is 11.9. The van der Waals surface area contributed by atoms with Crippen LogP contribution < -0.4 is 10.5 Å². The van der Waals surface area contributed by atoms with Crippen LogP contribution in [0.25, 0.3) is 10.9 Å². The van der Waals surface area contributed by atoms with Crippen molar-refractivity contribution in [1.29, 1.82) is 0 Å². The summed E-state index contributed by atoms with van der Waals surface area (Å²) in [6, 6.07) is 5.07. The lowest BCUT2D eigenvalue weighted by Crippen LogP contribution is -2.32. The molecule has 5 nitrogen and oxygen atoms in total. The Hall–Kier alpha value is -1.28. The van der Waals surface area contributed by atoms with Gasteiger partial charge in [-0.3, -0.25) is 0 Å². The zero-order valence-electron chi connectivity index (χ0n) is 9.77. The zero-order chi connectivity index (χ0) is 13.1. The number of carbonyl (C=O) groups excluding carboxylic acids is 1. The molecule has 3 N–H and O–H groups in total. The first kappa shape index (κ1) is 13.2. The smallest absolute Gasteiger partial charge is 0.332 e. The van der Waals surface area contributed by atoms with Crippen LogP contribution >= 0.6 is 23.0 Å². The van der Waals surface area contributed by atoms with Crippen LogP contribution in [0.3, 0.4) is 0 Å². The van der Waals surface area contributed by atoms with Crippen molar-refractivity contribution in [3.05, 3.63) is 30.0 Å². The van der Waals surface area contributed by atoms with Crippen LogP contribution in [-0.2, 0) is 14.3 Å². The number of ether oxygens (including phenoxy) is 1. The van der Waals surface area contributed by atoms with Gasteiger partial charge in [0.15, 0.2) is 23.0 Å². The molecule has 0 saturated heterocycles. The third-order valence-electron chi connectivity index (χ3n) is 2.79. The molecule has 6 heteroatoms. The van der Waals surface area contributed by atoms with Gasteiger partial charge in [0.2, 0.25) is 0 Å². The van der Waals surface area contributed by atoms with E-state index in [4.69, 9.17) is 10.5 Å². The lowest BCUT2D eigenvalue weighted by atomic mass is 10.1. The van der Waals surface area contributed by atoms with Crippen LogP contribution in [0.15, 0.2) is 24.4 Å². The number of carbonyl (C=O) groups is 1. The number of rotatable bonds is 4. The summed E-state index contributed by atoms with van der Waals surface area (Å²) < 4.78 is 9.77. The van der Waals surface area contributed by atoms with Crippen molar-refractivity contribution < 1.29 is 12.6 Å². The largest absolute Gasteiger partial charge is 0.497 e.